The molecule has 0 spiro atoms. The molecule has 88 valence electrons. The van der Waals surface area contributed by atoms with E-state index in [4.69, 9.17) is 5.73 Å². The highest BCUT2D eigenvalue weighted by Gasteiger charge is 2.37. The fraction of sp³-hybridized carbons (Fsp3) is 0.200. The molecule has 0 aliphatic rings. The Bertz CT molecular complexity index is 478. The molecule has 0 fully saturated rings. The van der Waals surface area contributed by atoms with Gasteiger partial charge in [0.15, 0.2) is 0 Å². The first kappa shape index (κ1) is 12.9. The molecule has 0 saturated heterocycles. The van der Waals surface area contributed by atoms with Gasteiger partial charge in [0.25, 0.3) is 0 Å². The van der Waals surface area contributed by atoms with E-state index in [1.54, 1.807) is 18.3 Å². The summed E-state index contributed by atoms with van der Waals surface area (Å²) in [5.74, 6) is 0. The van der Waals surface area contributed by atoms with Crippen molar-refractivity contribution < 1.29 is 13.2 Å². The molecular formula is C10H10ClF3N2. The van der Waals surface area contributed by atoms with Crippen LogP contribution in [-0.2, 0) is 0 Å². The van der Waals surface area contributed by atoms with Crippen LogP contribution in [0.5, 0.6) is 0 Å². The summed E-state index contributed by atoms with van der Waals surface area (Å²) in [5, 5.41) is 0.869. The zero-order chi connectivity index (χ0) is 11.1. The third-order valence-corrected chi connectivity index (χ3v) is 2.29. The minimum atomic E-state index is -4.40. The lowest BCUT2D eigenvalue weighted by Crippen LogP contribution is -2.28. The average molecular weight is 251 g/mol. The molecule has 0 bridgehead atoms. The van der Waals surface area contributed by atoms with Crippen LogP contribution in [0.15, 0.2) is 30.5 Å². The standard InChI is InChI=1S/C10H9F3N2.ClH/c11-10(12,13)9(14)7-2-1-6-3-4-15-8(6)5-7;/h1-5,9,15H,14H2;1H/t9-;/m1./s1. The number of fused-ring (bicyclic) bond motifs is 1. The van der Waals surface area contributed by atoms with Crippen LogP contribution >= 0.6 is 12.4 Å². The molecule has 1 atom stereocenters. The first-order valence-electron chi connectivity index (χ1n) is 4.38. The number of H-pyrrole nitrogens is 1. The third-order valence-electron chi connectivity index (χ3n) is 2.29. The topological polar surface area (TPSA) is 41.8 Å². The number of nitrogens with one attached hydrogen (secondary N) is 1. The van der Waals surface area contributed by atoms with Crippen molar-refractivity contribution in [1.29, 1.82) is 0 Å². The molecule has 0 aliphatic carbocycles. The van der Waals surface area contributed by atoms with Gasteiger partial charge in [-0.15, -0.1) is 12.4 Å². The molecule has 2 aromatic rings. The molecule has 0 amide bonds. The largest absolute Gasteiger partial charge is 0.407 e. The Morgan fingerprint density at radius 2 is 1.88 bits per heavy atom. The fourth-order valence-electron chi connectivity index (χ4n) is 1.45. The second-order valence-electron chi connectivity index (χ2n) is 3.34. The Morgan fingerprint density at radius 1 is 1.19 bits per heavy atom. The van der Waals surface area contributed by atoms with E-state index in [2.05, 4.69) is 4.98 Å². The van der Waals surface area contributed by atoms with Gasteiger partial charge in [-0.25, -0.2) is 0 Å². The van der Waals surface area contributed by atoms with Crippen molar-refractivity contribution in [2.24, 2.45) is 5.73 Å². The Kier molecular flexibility index (Phi) is 3.50. The molecule has 0 radical (unpaired) electrons. The van der Waals surface area contributed by atoms with Gasteiger partial charge >= 0.3 is 6.18 Å². The molecule has 2 nitrogen and oxygen atoms in total. The van der Waals surface area contributed by atoms with Crippen LogP contribution in [0.25, 0.3) is 10.9 Å². The summed E-state index contributed by atoms with van der Waals surface area (Å²) in [7, 11) is 0. The van der Waals surface area contributed by atoms with Gasteiger partial charge in [0.1, 0.15) is 6.04 Å². The van der Waals surface area contributed by atoms with Gasteiger partial charge in [-0.2, -0.15) is 13.2 Å². The molecule has 0 unspecified atom stereocenters. The lowest BCUT2D eigenvalue weighted by Gasteiger charge is -2.15. The first-order valence-corrected chi connectivity index (χ1v) is 4.38. The van der Waals surface area contributed by atoms with Gasteiger partial charge < -0.3 is 10.7 Å². The minimum absolute atomic E-state index is 0. The number of aromatic nitrogens is 1. The van der Waals surface area contributed by atoms with Gasteiger partial charge in [0.05, 0.1) is 0 Å². The SMILES string of the molecule is Cl.N[C@H](c1ccc2cc[nH]c2c1)C(F)(F)F. The van der Waals surface area contributed by atoms with Crippen molar-refractivity contribution >= 4 is 23.3 Å². The van der Waals surface area contributed by atoms with Crippen molar-refractivity contribution in [3.63, 3.8) is 0 Å². The number of alkyl halides is 3. The maximum Gasteiger partial charge on any atom is 0.407 e. The van der Waals surface area contributed by atoms with Crippen LogP contribution in [0.2, 0.25) is 0 Å². The number of halogens is 4. The van der Waals surface area contributed by atoms with Crippen molar-refractivity contribution in [3.05, 3.63) is 36.0 Å². The van der Waals surface area contributed by atoms with Crippen LogP contribution in [0.1, 0.15) is 11.6 Å². The maximum atomic E-state index is 12.3. The fourth-order valence-corrected chi connectivity index (χ4v) is 1.45. The van der Waals surface area contributed by atoms with Gasteiger partial charge in [-0.3, -0.25) is 0 Å². The summed E-state index contributed by atoms with van der Waals surface area (Å²) >= 11 is 0. The van der Waals surface area contributed by atoms with Crippen LogP contribution < -0.4 is 5.73 Å². The maximum absolute atomic E-state index is 12.3. The van der Waals surface area contributed by atoms with Crippen LogP contribution in [-0.4, -0.2) is 11.2 Å². The first-order chi connectivity index (χ1) is 6.98. The summed E-state index contributed by atoms with van der Waals surface area (Å²) in [6, 6.07) is 4.30. The van der Waals surface area contributed by atoms with Crippen LogP contribution in [0.4, 0.5) is 13.2 Å². The van der Waals surface area contributed by atoms with E-state index >= 15 is 0 Å². The van der Waals surface area contributed by atoms with Gasteiger partial charge in [0, 0.05) is 11.7 Å². The minimum Gasteiger partial charge on any atom is -0.361 e. The molecule has 0 aliphatic heterocycles. The second kappa shape index (κ2) is 4.35. The molecule has 1 aromatic heterocycles. The number of aromatic amines is 1. The Morgan fingerprint density at radius 3 is 2.50 bits per heavy atom. The van der Waals surface area contributed by atoms with E-state index in [1.165, 1.54) is 12.1 Å². The highest BCUT2D eigenvalue weighted by molar-refractivity contribution is 5.85. The zero-order valence-corrected chi connectivity index (χ0v) is 8.90. The van der Waals surface area contributed by atoms with E-state index in [9.17, 15) is 13.2 Å². The van der Waals surface area contributed by atoms with E-state index in [0.29, 0.717) is 5.52 Å². The number of rotatable bonds is 1. The van der Waals surface area contributed by atoms with E-state index < -0.39 is 12.2 Å². The second-order valence-corrected chi connectivity index (χ2v) is 3.34. The summed E-state index contributed by atoms with van der Waals surface area (Å²) < 4.78 is 37.0. The smallest absolute Gasteiger partial charge is 0.361 e. The van der Waals surface area contributed by atoms with E-state index in [0.717, 1.165) is 5.39 Å². The van der Waals surface area contributed by atoms with Crippen molar-refractivity contribution in [2.45, 2.75) is 12.2 Å². The molecule has 3 N–H and O–H groups in total. The molecule has 16 heavy (non-hydrogen) atoms. The molecule has 1 heterocycles. The Balaban J connectivity index is 0.00000128. The van der Waals surface area contributed by atoms with Crippen molar-refractivity contribution in [2.75, 3.05) is 0 Å². The average Bonchev–Trinajstić information content (AvgIpc) is 2.61. The van der Waals surface area contributed by atoms with Crippen LogP contribution in [0.3, 0.4) is 0 Å². The number of hydrogen-bond acceptors (Lipinski definition) is 1. The van der Waals surface area contributed by atoms with Crippen molar-refractivity contribution in [3.8, 4) is 0 Å². The Labute approximate surface area is 96.0 Å². The lowest BCUT2D eigenvalue weighted by molar-refractivity contribution is -0.149. The quantitative estimate of drug-likeness (QED) is 0.802. The monoisotopic (exact) mass is 250 g/mol. The molecule has 6 heteroatoms. The Hall–Kier alpha value is -1.20. The molecular weight excluding hydrogens is 241 g/mol. The zero-order valence-electron chi connectivity index (χ0n) is 8.08. The molecule has 2 rings (SSSR count). The normalized spacial score (nSPS) is 13.5. The predicted molar refractivity (Wildman–Crippen MR) is 58.5 cm³/mol. The van der Waals surface area contributed by atoms with E-state index in [-0.39, 0.29) is 18.0 Å². The summed E-state index contributed by atoms with van der Waals surface area (Å²) in [5.41, 5.74) is 5.82. The summed E-state index contributed by atoms with van der Waals surface area (Å²) in [6.07, 6.45) is -2.73. The highest BCUT2D eigenvalue weighted by Crippen LogP contribution is 2.31. The predicted octanol–water partition coefficient (Wildman–Crippen LogP) is 3.15. The van der Waals surface area contributed by atoms with Crippen LogP contribution in [0, 0.1) is 0 Å². The molecule has 0 saturated carbocycles. The summed E-state index contributed by atoms with van der Waals surface area (Å²) in [6.45, 7) is 0. The number of benzene rings is 1. The summed E-state index contributed by atoms with van der Waals surface area (Å²) in [4.78, 5) is 2.84. The lowest BCUT2D eigenvalue weighted by atomic mass is 10.1. The van der Waals surface area contributed by atoms with Gasteiger partial charge in [-0.1, -0.05) is 12.1 Å². The number of nitrogens with two attached hydrogens (primary N) is 1. The number of hydrogen-bond donors (Lipinski definition) is 2. The van der Waals surface area contributed by atoms with E-state index in [1.807, 2.05) is 0 Å². The highest BCUT2D eigenvalue weighted by atomic mass is 35.5. The van der Waals surface area contributed by atoms with Gasteiger partial charge in [-0.05, 0) is 23.1 Å². The molecule has 1 aromatic carbocycles. The third kappa shape index (κ3) is 2.31. The van der Waals surface area contributed by atoms with Crippen molar-refractivity contribution in [1.82, 2.24) is 4.98 Å². The van der Waals surface area contributed by atoms with Gasteiger partial charge in [0.2, 0.25) is 0 Å².